The number of hydrogen-bond donors (Lipinski definition) is 3. The Balaban J connectivity index is 1.80. The standard InChI is InChI=1S/C21H21F3N4O2/c1-12(2)19(25)20(29)26-15-7-3-5-13(9-15)17-11-18(28-27-17)14-6-4-8-16(10-14)30-21(22,23)24/h3-12,19H,25H2,1-2H3,(H,26,29)(H,27,28)/t19-/m0/s1. The fourth-order valence-electron chi connectivity index (χ4n) is 2.76. The van der Waals surface area contributed by atoms with Crippen molar-refractivity contribution in [1.82, 2.24) is 10.2 Å². The van der Waals surface area contributed by atoms with Crippen LogP contribution in [0.2, 0.25) is 0 Å². The van der Waals surface area contributed by atoms with E-state index < -0.39 is 12.4 Å². The summed E-state index contributed by atoms with van der Waals surface area (Å²) < 4.78 is 41.3. The number of carbonyl (C=O) groups is 1. The van der Waals surface area contributed by atoms with Crippen molar-refractivity contribution in [2.45, 2.75) is 26.3 Å². The van der Waals surface area contributed by atoms with Crippen LogP contribution >= 0.6 is 0 Å². The summed E-state index contributed by atoms with van der Waals surface area (Å²) >= 11 is 0. The number of hydrogen-bond acceptors (Lipinski definition) is 4. The Morgan fingerprint density at radius 1 is 1.10 bits per heavy atom. The van der Waals surface area contributed by atoms with E-state index in [1.54, 1.807) is 36.4 Å². The highest BCUT2D eigenvalue weighted by atomic mass is 19.4. The molecular formula is C21H21F3N4O2. The highest BCUT2D eigenvalue weighted by molar-refractivity contribution is 5.95. The molecule has 1 atom stereocenters. The van der Waals surface area contributed by atoms with Gasteiger partial charge in [-0.3, -0.25) is 9.89 Å². The number of ether oxygens (including phenoxy) is 1. The minimum absolute atomic E-state index is 0.000768. The summed E-state index contributed by atoms with van der Waals surface area (Å²) in [6.45, 7) is 3.72. The highest BCUT2D eigenvalue weighted by Crippen LogP contribution is 2.29. The molecule has 0 unspecified atom stereocenters. The molecule has 0 aliphatic heterocycles. The molecule has 3 aromatic rings. The third-order valence-corrected chi connectivity index (χ3v) is 4.40. The minimum Gasteiger partial charge on any atom is -0.406 e. The molecule has 4 N–H and O–H groups in total. The lowest BCUT2D eigenvalue weighted by Crippen LogP contribution is -2.39. The second kappa shape index (κ2) is 8.58. The first kappa shape index (κ1) is 21.4. The highest BCUT2D eigenvalue weighted by Gasteiger charge is 2.31. The van der Waals surface area contributed by atoms with Crippen LogP contribution in [-0.2, 0) is 4.79 Å². The molecule has 9 heteroatoms. The Morgan fingerprint density at radius 3 is 2.50 bits per heavy atom. The molecule has 0 aliphatic rings. The van der Waals surface area contributed by atoms with Gasteiger partial charge in [0.1, 0.15) is 5.75 Å². The fraction of sp³-hybridized carbons (Fsp3) is 0.238. The van der Waals surface area contributed by atoms with Gasteiger partial charge in [-0.2, -0.15) is 5.10 Å². The van der Waals surface area contributed by atoms with Crippen LogP contribution in [0.4, 0.5) is 18.9 Å². The number of aromatic amines is 1. The molecule has 158 valence electrons. The van der Waals surface area contributed by atoms with E-state index in [4.69, 9.17) is 5.73 Å². The zero-order chi connectivity index (χ0) is 21.9. The quantitative estimate of drug-likeness (QED) is 0.547. The summed E-state index contributed by atoms with van der Waals surface area (Å²) in [6.07, 6.45) is -4.76. The maximum absolute atomic E-state index is 12.4. The molecule has 1 heterocycles. The van der Waals surface area contributed by atoms with Crippen LogP contribution < -0.4 is 15.8 Å². The van der Waals surface area contributed by atoms with E-state index in [9.17, 15) is 18.0 Å². The Morgan fingerprint density at radius 2 is 1.80 bits per heavy atom. The molecule has 1 amide bonds. The van der Waals surface area contributed by atoms with E-state index in [1.807, 2.05) is 13.8 Å². The molecule has 0 saturated carbocycles. The summed E-state index contributed by atoms with van der Waals surface area (Å²) in [5.74, 6) is -0.604. The molecule has 3 rings (SSSR count). The molecule has 0 fully saturated rings. The van der Waals surface area contributed by atoms with E-state index in [1.165, 1.54) is 18.2 Å². The molecule has 1 aromatic heterocycles. The van der Waals surface area contributed by atoms with Crippen molar-refractivity contribution in [3.05, 3.63) is 54.6 Å². The predicted octanol–water partition coefficient (Wildman–Crippen LogP) is 4.56. The number of alkyl halides is 3. The van der Waals surface area contributed by atoms with Gasteiger partial charge < -0.3 is 15.8 Å². The first-order chi connectivity index (χ1) is 14.1. The first-order valence-corrected chi connectivity index (χ1v) is 9.21. The number of nitrogens with zero attached hydrogens (tertiary/aromatic N) is 1. The molecular weight excluding hydrogens is 397 g/mol. The number of aromatic nitrogens is 2. The Labute approximate surface area is 171 Å². The number of amides is 1. The Kier molecular flexibility index (Phi) is 6.12. The number of halogens is 3. The third kappa shape index (κ3) is 5.38. The van der Waals surface area contributed by atoms with Gasteiger partial charge in [-0.15, -0.1) is 13.2 Å². The van der Waals surface area contributed by atoms with Crippen LogP contribution in [-0.4, -0.2) is 28.5 Å². The topological polar surface area (TPSA) is 93.0 Å². The van der Waals surface area contributed by atoms with Crippen molar-refractivity contribution in [1.29, 1.82) is 0 Å². The molecule has 6 nitrogen and oxygen atoms in total. The van der Waals surface area contributed by atoms with E-state index in [0.29, 0.717) is 22.6 Å². The van der Waals surface area contributed by atoms with Gasteiger partial charge in [0.05, 0.1) is 17.4 Å². The van der Waals surface area contributed by atoms with Crippen LogP contribution in [0.1, 0.15) is 13.8 Å². The molecule has 0 radical (unpaired) electrons. The number of nitrogens with one attached hydrogen (secondary N) is 2. The summed E-state index contributed by atoms with van der Waals surface area (Å²) in [4.78, 5) is 12.2. The van der Waals surface area contributed by atoms with Crippen LogP contribution in [0.15, 0.2) is 54.6 Å². The smallest absolute Gasteiger partial charge is 0.406 e. The van der Waals surface area contributed by atoms with E-state index >= 15 is 0 Å². The fourth-order valence-corrected chi connectivity index (χ4v) is 2.76. The average molecular weight is 418 g/mol. The predicted molar refractivity (Wildman–Crippen MR) is 108 cm³/mol. The van der Waals surface area contributed by atoms with Gasteiger partial charge in [-0.1, -0.05) is 38.1 Å². The molecule has 0 bridgehead atoms. The Hall–Kier alpha value is -3.33. The number of anilines is 1. The lowest BCUT2D eigenvalue weighted by atomic mass is 10.0. The van der Waals surface area contributed by atoms with Crippen LogP contribution in [0.3, 0.4) is 0 Å². The summed E-state index contributed by atoms with van der Waals surface area (Å²) in [5.41, 5.74) is 8.73. The number of nitrogens with two attached hydrogens (primary N) is 1. The summed E-state index contributed by atoms with van der Waals surface area (Å²) in [7, 11) is 0. The monoisotopic (exact) mass is 418 g/mol. The van der Waals surface area contributed by atoms with Crippen molar-refractivity contribution < 1.29 is 22.7 Å². The maximum atomic E-state index is 12.4. The van der Waals surface area contributed by atoms with Gasteiger partial charge in [0, 0.05) is 16.8 Å². The molecule has 30 heavy (non-hydrogen) atoms. The van der Waals surface area contributed by atoms with Crippen molar-refractivity contribution in [3.63, 3.8) is 0 Å². The molecule has 0 spiro atoms. The van der Waals surface area contributed by atoms with E-state index in [0.717, 1.165) is 5.56 Å². The second-order valence-corrected chi connectivity index (χ2v) is 7.08. The number of H-pyrrole nitrogens is 1. The normalized spacial score (nSPS) is 12.6. The van der Waals surface area contributed by atoms with Gasteiger partial charge in [0.15, 0.2) is 0 Å². The third-order valence-electron chi connectivity index (χ3n) is 4.40. The minimum atomic E-state index is -4.76. The first-order valence-electron chi connectivity index (χ1n) is 9.21. The van der Waals surface area contributed by atoms with Crippen molar-refractivity contribution in [2.24, 2.45) is 11.7 Å². The van der Waals surface area contributed by atoms with Crippen LogP contribution in [0.5, 0.6) is 5.75 Å². The second-order valence-electron chi connectivity index (χ2n) is 7.08. The largest absolute Gasteiger partial charge is 0.573 e. The van der Waals surface area contributed by atoms with Crippen LogP contribution in [0.25, 0.3) is 22.5 Å². The van der Waals surface area contributed by atoms with Crippen molar-refractivity contribution >= 4 is 11.6 Å². The summed E-state index contributed by atoms with van der Waals surface area (Å²) in [5, 5.41) is 9.81. The SMILES string of the molecule is CC(C)[C@H](N)C(=O)Nc1cccc(-c2cc(-c3cccc(OC(F)(F)F)c3)[nH]n2)c1. The lowest BCUT2D eigenvalue weighted by Gasteiger charge is -2.15. The van der Waals surface area contributed by atoms with Gasteiger partial charge in [-0.05, 0) is 36.2 Å². The zero-order valence-electron chi connectivity index (χ0n) is 16.3. The number of carbonyl (C=O) groups excluding carboxylic acids is 1. The van der Waals surface area contributed by atoms with Crippen molar-refractivity contribution in [2.75, 3.05) is 5.32 Å². The maximum Gasteiger partial charge on any atom is 0.573 e. The summed E-state index contributed by atoms with van der Waals surface area (Å²) in [6, 6.07) is 13.7. The molecule has 0 aliphatic carbocycles. The van der Waals surface area contributed by atoms with E-state index in [-0.39, 0.29) is 17.6 Å². The number of benzene rings is 2. The number of rotatable bonds is 6. The zero-order valence-corrected chi connectivity index (χ0v) is 16.3. The van der Waals surface area contributed by atoms with Gasteiger partial charge in [0.2, 0.25) is 5.91 Å². The van der Waals surface area contributed by atoms with Crippen molar-refractivity contribution in [3.8, 4) is 28.3 Å². The lowest BCUT2D eigenvalue weighted by molar-refractivity contribution is -0.274. The molecule has 0 saturated heterocycles. The van der Waals surface area contributed by atoms with Gasteiger partial charge in [0.25, 0.3) is 0 Å². The van der Waals surface area contributed by atoms with Crippen LogP contribution in [0, 0.1) is 5.92 Å². The van der Waals surface area contributed by atoms with Gasteiger partial charge >= 0.3 is 6.36 Å². The Bertz CT molecular complexity index is 1030. The molecule has 2 aromatic carbocycles. The van der Waals surface area contributed by atoms with Gasteiger partial charge in [-0.25, -0.2) is 0 Å². The average Bonchev–Trinajstić information content (AvgIpc) is 3.16. The van der Waals surface area contributed by atoms with E-state index in [2.05, 4.69) is 20.3 Å².